The Morgan fingerprint density at radius 1 is 1.52 bits per heavy atom. The Hall–Kier alpha value is -1.92. The van der Waals surface area contributed by atoms with Gasteiger partial charge >= 0.3 is 0 Å². The van der Waals surface area contributed by atoms with E-state index in [0.717, 1.165) is 36.5 Å². The van der Waals surface area contributed by atoms with Crippen LogP contribution < -0.4 is 11.1 Å². The van der Waals surface area contributed by atoms with Crippen LogP contribution in [0.5, 0.6) is 0 Å². The zero-order valence-electron chi connectivity index (χ0n) is 11.9. The van der Waals surface area contributed by atoms with Crippen LogP contribution in [0.15, 0.2) is 23.6 Å². The van der Waals surface area contributed by atoms with Crippen molar-refractivity contribution in [2.45, 2.75) is 19.9 Å². The monoisotopic (exact) mass is 302 g/mol. The lowest BCUT2D eigenvalue weighted by Gasteiger charge is -2.28. The fourth-order valence-electron chi connectivity index (χ4n) is 2.57. The summed E-state index contributed by atoms with van der Waals surface area (Å²) in [6.45, 7) is 3.88. The second-order valence-corrected chi connectivity index (χ2v) is 6.15. The molecule has 0 bridgehead atoms. The normalized spacial score (nSPS) is 14.7. The zero-order chi connectivity index (χ0) is 14.8. The number of nitrogens with zero attached hydrogens (tertiary/aromatic N) is 2. The molecule has 110 valence electrons. The second-order valence-electron chi connectivity index (χ2n) is 5.29. The van der Waals surface area contributed by atoms with Crippen molar-refractivity contribution in [3.63, 3.8) is 0 Å². The third-order valence-electron chi connectivity index (χ3n) is 3.62. The molecule has 2 aromatic rings. The molecule has 0 saturated carbocycles. The van der Waals surface area contributed by atoms with Gasteiger partial charge in [-0.1, -0.05) is 12.1 Å². The number of hydrogen-bond acceptors (Lipinski definition) is 5. The fraction of sp³-hybridized carbons (Fsp3) is 0.333. The Labute approximate surface area is 127 Å². The van der Waals surface area contributed by atoms with Crippen molar-refractivity contribution in [2.75, 3.05) is 24.1 Å². The summed E-state index contributed by atoms with van der Waals surface area (Å²) in [5.41, 5.74) is 10.2. The first-order chi connectivity index (χ1) is 10.1. The van der Waals surface area contributed by atoms with Gasteiger partial charge in [0.2, 0.25) is 5.91 Å². The van der Waals surface area contributed by atoms with Crippen LogP contribution in [0.4, 0.5) is 10.8 Å². The predicted molar refractivity (Wildman–Crippen MR) is 85.3 cm³/mol. The van der Waals surface area contributed by atoms with E-state index in [2.05, 4.69) is 21.3 Å². The first-order valence-corrected chi connectivity index (χ1v) is 7.80. The maximum Gasteiger partial charge on any atom is 0.240 e. The van der Waals surface area contributed by atoms with E-state index >= 15 is 0 Å². The van der Waals surface area contributed by atoms with Crippen molar-refractivity contribution in [1.29, 1.82) is 0 Å². The van der Waals surface area contributed by atoms with Gasteiger partial charge in [-0.05, 0) is 30.5 Å². The Balaban J connectivity index is 1.62. The number of thiazole rings is 1. The van der Waals surface area contributed by atoms with Gasteiger partial charge < -0.3 is 11.1 Å². The third-order valence-corrected chi connectivity index (χ3v) is 4.50. The number of rotatable bonds is 3. The van der Waals surface area contributed by atoms with E-state index < -0.39 is 0 Å². The number of anilines is 2. The third kappa shape index (κ3) is 3.22. The number of aromatic nitrogens is 1. The number of carbonyl (C=O) groups is 1. The molecule has 0 unspecified atom stereocenters. The summed E-state index contributed by atoms with van der Waals surface area (Å²) in [7, 11) is 0. The number of nitrogen functional groups attached to an aromatic ring is 1. The maximum atomic E-state index is 12.1. The molecule has 5 nitrogen and oxygen atoms in total. The van der Waals surface area contributed by atoms with Crippen molar-refractivity contribution in [3.05, 3.63) is 40.4 Å². The van der Waals surface area contributed by atoms with Crippen LogP contribution in [0.2, 0.25) is 0 Å². The summed E-state index contributed by atoms with van der Waals surface area (Å²) in [6.07, 6.45) is 0.935. The summed E-state index contributed by atoms with van der Waals surface area (Å²) in [6, 6.07) is 6.02. The largest absolute Gasteiger partial charge is 0.398 e. The minimum Gasteiger partial charge on any atom is -0.398 e. The predicted octanol–water partition coefficient (Wildman–Crippen LogP) is 2.03. The van der Waals surface area contributed by atoms with Crippen molar-refractivity contribution in [1.82, 2.24) is 9.88 Å². The molecule has 1 aromatic carbocycles. The molecule has 21 heavy (non-hydrogen) atoms. The van der Waals surface area contributed by atoms with Gasteiger partial charge in [0.25, 0.3) is 0 Å². The van der Waals surface area contributed by atoms with E-state index in [-0.39, 0.29) is 5.91 Å². The summed E-state index contributed by atoms with van der Waals surface area (Å²) in [4.78, 5) is 18.4. The highest BCUT2D eigenvalue weighted by Gasteiger charge is 2.20. The lowest BCUT2D eigenvalue weighted by molar-refractivity contribution is -0.117. The Morgan fingerprint density at radius 3 is 3.14 bits per heavy atom. The molecule has 0 aliphatic carbocycles. The van der Waals surface area contributed by atoms with Crippen LogP contribution in [0.1, 0.15) is 16.8 Å². The van der Waals surface area contributed by atoms with Gasteiger partial charge in [-0.3, -0.25) is 9.69 Å². The number of amides is 1. The van der Waals surface area contributed by atoms with Gasteiger partial charge in [-0.15, -0.1) is 11.3 Å². The van der Waals surface area contributed by atoms with Crippen molar-refractivity contribution in [2.24, 2.45) is 0 Å². The van der Waals surface area contributed by atoms with Gasteiger partial charge in [0.05, 0.1) is 12.2 Å². The summed E-state index contributed by atoms with van der Waals surface area (Å²) >= 11 is 1.45. The molecule has 2 heterocycles. The number of nitrogens with two attached hydrogens (primary N) is 1. The van der Waals surface area contributed by atoms with Crippen LogP contribution in [0.3, 0.4) is 0 Å². The molecular formula is C15H18N4OS. The first-order valence-electron chi connectivity index (χ1n) is 6.92. The quantitative estimate of drug-likeness (QED) is 0.851. The van der Waals surface area contributed by atoms with Crippen LogP contribution in [0.25, 0.3) is 0 Å². The molecule has 6 heteroatoms. The Morgan fingerprint density at radius 2 is 2.38 bits per heavy atom. The molecule has 0 spiro atoms. The van der Waals surface area contributed by atoms with Gasteiger partial charge in [0, 0.05) is 24.2 Å². The summed E-state index contributed by atoms with van der Waals surface area (Å²) in [5.74, 6) is -0.0256. The highest BCUT2D eigenvalue weighted by atomic mass is 32.1. The van der Waals surface area contributed by atoms with Crippen molar-refractivity contribution in [3.8, 4) is 0 Å². The topological polar surface area (TPSA) is 71.2 Å². The fourth-order valence-corrected chi connectivity index (χ4v) is 3.28. The molecule has 0 saturated heterocycles. The number of nitrogens with one attached hydrogen (secondary N) is 1. The molecule has 1 aliphatic heterocycles. The van der Waals surface area contributed by atoms with Crippen molar-refractivity contribution < 1.29 is 4.79 Å². The minimum atomic E-state index is -0.0256. The van der Waals surface area contributed by atoms with E-state index in [0.29, 0.717) is 11.7 Å². The SMILES string of the molecule is Cc1csc(NC(=O)CN2CCc3cccc(N)c3C2)n1. The molecule has 0 fully saturated rings. The van der Waals surface area contributed by atoms with Crippen molar-refractivity contribution >= 4 is 28.1 Å². The van der Waals surface area contributed by atoms with Gasteiger partial charge in [0.15, 0.2) is 5.13 Å². The lowest BCUT2D eigenvalue weighted by Crippen LogP contribution is -2.37. The number of hydrogen-bond donors (Lipinski definition) is 2. The van der Waals surface area contributed by atoms with Crippen LogP contribution in [-0.4, -0.2) is 28.9 Å². The zero-order valence-corrected chi connectivity index (χ0v) is 12.7. The maximum absolute atomic E-state index is 12.1. The lowest BCUT2D eigenvalue weighted by atomic mass is 9.98. The van der Waals surface area contributed by atoms with E-state index in [4.69, 9.17) is 5.73 Å². The molecule has 0 radical (unpaired) electrons. The van der Waals surface area contributed by atoms with E-state index in [9.17, 15) is 4.79 Å². The molecular weight excluding hydrogens is 284 g/mol. The summed E-state index contributed by atoms with van der Waals surface area (Å²) < 4.78 is 0. The molecule has 0 atom stereocenters. The molecule has 3 N–H and O–H groups in total. The van der Waals surface area contributed by atoms with Crippen LogP contribution >= 0.6 is 11.3 Å². The first kappa shape index (κ1) is 14.0. The van der Waals surface area contributed by atoms with Gasteiger partial charge in [0.1, 0.15) is 0 Å². The number of benzene rings is 1. The second kappa shape index (κ2) is 5.83. The van der Waals surface area contributed by atoms with Gasteiger partial charge in [-0.2, -0.15) is 0 Å². The number of aryl methyl sites for hydroxylation is 1. The average Bonchev–Trinajstić information content (AvgIpc) is 2.85. The smallest absolute Gasteiger partial charge is 0.240 e. The van der Waals surface area contributed by atoms with Gasteiger partial charge in [-0.25, -0.2) is 4.98 Å². The standard InChI is InChI=1S/C15H18N4OS/c1-10-9-21-15(17-10)18-14(20)8-19-6-5-11-3-2-4-13(16)12(11)7-19/h2-4,9H,5-8,16H2,1H3,(H,17,18,20). The Bertz CT molecular complexity index is 667. The van der Waals surface area contributed by atoms with E-state index in [1.165, 1.54) is 16.9 Å². The van der Waals surface area contributed by atoms with E-state index in [1.807, 2.05) is 24.4 Å². The highest BCUT2D eigenvalue weighted by molar-refractivity contribution is 7.13. The minimum absolute atomic E-state index is 0.0256. The molecule has 1 amide bonds. The highest BCUT2D eigenvalue weighted by Crippen LogP contribution is 2.24. The van der Waals surface area contributed by atoms with Crippen LogP contribution in [-0.2, 0) is 17.8 Å². The number of carbonyl (C=O) groups excluding carboxylic acids is 1. The Kier molecular flexibility index (Phi) is 3.90. The average molecular weight is 302 g/mol. The van der Waals surface area contributed by atoms with Crippen LogP contribution in [0, 0.1) is 6.92 Å². The molecule has 1 aliphatic rings. The molecule has 3 rings (SSSR count). The number of fused-ring (bicyclic) bond motifs is 1. The molecule has 1 aromatic heterocycles. The van der Waals surface area contributed by atoms with E-state index in [1.54, 1.807) is 0 Å². The summed E-state index contributed by atoms with van der Waals surface area (Å²) in [5, 5.41) is 5.43.